The Labute approximate surface area is 151 Å². The van der Waals surface area contributed by atoms with Gasteiger partial charge in [-0.15, -0.1) is 0 Å². The minimum Gasteiger partial charge on any atom is -0.460 e. The van der Waals surface area contributed by atoms with E-state index >= 15 is 0 Å². The fourth-order valence-corrected chi connectivity index (χ4v) is 3.03. The Morgan fingerprint density at radius 1 is 0.885 bits per heavy atom. The minimum atomic E-state index is -0.944. The summed E-state index contributed by atoms with van der Waals surface area (Å²) in [7, 11) is 0. The van der Waals surface area contributed by atoms with Crippen molar-refractivity contribution in [3.05, 3.63) is 71.8 Å². The fourth-order valence-electron chi connectivity index (χ4n) is 3.03. The molecule has 0 spiro atoms. The first kappa shape index (κ1) is 16.8. The standard InChI is InChI=1S/C20H19NO5/c22-19(24-12-14-7-3-1-4-8-14)17-18(26-16-11-21(16)17)20(23)25-13-15-9-5-2-6-10-15/h1-10,16-18H,11-13H2/t16-,17-,18?,21?/m0/s1. The van der Waals surface area contributed by atoms with Crippen LogP contribution in [-0.2, 0) is 37.0 Å². The molecule has 26 heavy (non-hydrogen) atoms. The maximum atomic E-state index is 12.5. The van der Waals surface area contributed by atoms with E-state index in [-0.39, 0.29) is 19.4 Å². The first-order chi connectivity index (χ1) is 12.7. The van der Waals surface area contributed by atoms with E-state index in [9.17, 15) is 9.59 Å². The molecule has 6 nitrogen and oxygen atoms in total. The summed E-state index contributed by atoms with van der Waals surface area (Å²) in [5, 5.41) is 0. The van der Waals surface area contributed by atoms with Crippen LogP contribution in [0.5, 0.6) is 0 Å². The molecule has 2 fully saturated rings. The zero-order valence-corrected chi connectivity index (χ0v) is 14.1. The molecule has 0 N–H and O–H groups in total. The molecular weight excluding hydrogens is 334 g/mol. The highest BCUT2D eigenvalue weighted by Crippen LogP contribution is 2.36. The van der Waals surface area contributed by atoms with Gasteiger partial charge in [-0.05, 0) is 11.1 Å². The molecule has 4 rings (SSSR count). The Morgan fingerprint density at radius 3 is 2.00 bits per heavy atom. The number of nitrogens with zero attached hydrogens (tertiary/aromatic N) is 1. The zero-order valence-electron chi connectivity index (χ0n) is 14.1. The van der Waals surface area contributed by atoms with Gasteiger partial charge in [0.25, 0.3) is 0 Å². The summed E-state index contributed by atoms with van der Waals surface area (Å²) < 4.78 is 16.3. The second-order valence-electron chi connectivity index (χ2n) is 6.34. The van der Waals surface area contributed by atoms with E-state index in [0.29, 0.717) is 6.54 Å². The molecule has 0 radical (unpaired) electrons. The van der Waals surface area contributed by atoms with Gasteiger partial charge in [-0.25, -0.2) is 4.79 Å². The zero-order chi connectivity index (χ0) is 17.9. The van der Waals surface area contributed by atoms with Crippen molar-refractivity contribution in [1.82, 2.24) is 4.90 Å². The van der Waals surface area contributed by atoms with Gasteiger partial charge in [0.05, 0.1) is 0 Å². The topological polar surface area (TPSA) is 64.8 Å². The van der Waals surface area contributed by atoms with Gasteiger partial charge in [-0.1, -0.05) is 60.7 Å². The molecule has 0 aromatic heterocycles. The molecule has 2 aliphatic heterocycles. The highest BCUT2D eigenvalue weighted by atomic mass is 16.6. The molecule has 0 bridgehead atoms. The maximum absolute atomic E-state index is 12.5. The molecule has 0 amide bonds. The summed E-state index contributed by atoms with van der Waals surface area (Å²) in [5.41, 5.74) is 1.78. The van der Waals surface area contributed by atoms with Crippen LogP contribution < -0.4 is 0 Å². The lowest BCUT2D eigenvalue weighted by Gasteiger charge is -2.19. The number of morpholine rings is 1. The number of rotatable bonds is 6. The number of ether oxygens (including phenoxy) is 3. The van der Waals surface area contributed by atoms with Crippen LogP contribution >= 0.6 is 0 Å². The average molecular weight is 353 g/mol. The van der Waals surface area contributed by atoms with E-state index in [1.54, 1.807) is 0 Å². The SMILES string of the molecule is O=C(OCc1ccccc1)C1O[C@H]2CN2[C@@H]1C(=O)OCc1ccccc1. The van der Waals surface area contributed by atoms with Crippen molar-refractivity contribution in [2.24, 2.45) is 0 Å². The molecule has 2 aliphatic rings. The van der Waals surface area contributed by atoms with Crippen LogP contribution in [-0.4, -0.2) is 41.8 Å². The number of carbonyl (C=O) groups is 2. The van der Waals surface area contributed by atoms with E-state index in [4.69, 9.17) is 14.2 Å². The van der Waals surface area contributed by atoms with Crippen LogP contribution in [0.3, 0.4) is 0 Å². The van der Waals surface area contributed by atoms with Gasteiger partial charge in [0, 0.05) is 6.54 Å². The molecule has 2 aromatic rings. The third-order valence-electron chi connectivity index (χ3n) is 4.47. The van der Waals surface area contributed by atoms with E-state index in [0.717, 1.165) is 11.1 Å². The Kier molecular flexibility index (Phi) is 4.69. The van der Waals surface area contributed by atoms with Crippen molar-refractivity contribution in [3.8, 4) is 0 Å². The average Bonchev–Trinajstić information content (AvgIpc) is 3.35. The van der Waals surface area contributed by atoms with Crippen molar-refractivity contribution in [3.63, 3.8) is 0 Å². The normalized spacial score (nSPS) is 26.0. The van der Waals surface area contributed by atoms with Crippen LogP contribution in [0.2, 0.25) is 0 Å². The van der Waals surface area contributed by atoms with Crippen LogP contribution in [0, 0.1) is 0 Å². The van der Waals surface area contributed by atoms with Crippen molar-refractivity contribution in [1.29, 1.82) is 0 Å². The van der Waals surface area contributed by atoms with Gasteiger partial charge in [0.15, 0.2) is 6.10 Å². The first-order valence-electron chi connectivity index (χ1n) is 8.55. The molecular formula is C20H19NO5. The van der Waals surface area contributed by atoms with Crippen LogP contribution in [0.4, 0.5) is 0 Å². The summed E-state index contributed by atoms with van der Waals surface area (Å²) in [5.74, 6) is -1.00. The van der Waals surface area contributed by atoms with E-state index < -0.39 is 24.1 Å². The monoisotopic (exact) mass is 353 g/mol. The number of hydrogen-bond acceptors (Lipinski definition) is 6. The van der Waals surface area contributed by atoms with Gasteiger partial charge in [-0.3, -0.25) is 9.69 Å². The van der Waals surface area contributed by atoms with Crippen molar-refractivity contribution >= 4 is 11.9 Å². The van der Waals surface area contributed by atoms with Crippen molar-refractivity contribution < 1.29 is 23.8 Å². The number of fused-ring (bicyclic) bond motifs is 1. The quantitative estimate of drug-likeness (QED) is 0.584. The van der Waals surface area contributed by atoms with Crippen molar-refractivity contribution in [2.75, 3.05) is 6.54 Å². The summed E-state index contributed by atoms with van der Waals surface area (Å²) >= 11 is 0. The highest BCUT2D eigenvalue weighted by Gasteiger charge is 2.59. The second-order valence-corrected chi connectivity index (χ2v) is 6.34. The van der Waals surface area contributed by atoms with Gasteiger partial charge < -0.3 is 14.2 Å². The van der Waals surface area contributed by atoms with Crippen molar-refractivity contribution in [2.45, 2.75) is 31.6 Å². The smallest absolute Gasteiger partial charge is 0.337 e. The second kappa shape index (κ2) is 7.27. The van der Waals surface area contributed by atoms with Gasteiger partial charge in [0.2, 0.25) is 0 Å². The number of carbonyl (C=O) groups excluding carboxylic acids is 2. The van der Waals surface area contributed by atoms with Gasteiger partial charge in [-0.2, -0.15) is 0 Å². The Bertz CT molecular complexity index is 779. The lowest BCUT2D eigenvalue weighted by atomic mass is 10.1. The van der Waals surface area contributed by atoms with Gasteiger partial charge in [0.1, 0.15) is 25.5 Å². The molecule has 6 heteroatoms. The summed E-state index contributed by atoms with van der Waals surface area (Å²) in [6.45, 7) is 0.948. The molecule has 2 heterocycles. The molecule has 2 unspecified atom stereocenters. The Hall–Kier alpha value is -2.70. The lowest BCUT2D eigenvalue weighted by Crippen LogP contribution is -2.44. The Balaban J connectivity index is 1.35. The summed E-state index contributed by atoms with van der Waals surface area (Å²) in [4.78, 5) is 26.7. The van der Waals surface area contributed by atoms with Crippen LogP contribution in [0.25, 0.3) is 0 Å². The van der Waals surface area contributed by atoms with E-state index in [2.05, 4.69) is 0 Å². The van der Waals surface area contributed by atoms with Gasteiger partial charge >= 0.3 is 11.9 Å². The van der Waals surface area contributed by atoms with Crippen LogP contribution in [0.1, 0.15) is 11.1 Å². The Morgan fingerprint density at radius 2 is 1.42 bits per heavy atom. The predicted molar refractivity (Wildman–Crippen MR) is 91.6 cm³/mol. The summed E-state index contributed by atoms with van der Waals surface area (Å²) in [6.07, 6.45) is -1.14. The lowest BCUT2D eigenvalue weighted by molar-refractivity contribution is -0.164. The highest BCUT2D eigenvalue weighted by molar-refractivity contribution is 5.87. The molecule has 4 atom stereocenters. The molecule has 0 aliphatic carbocycles. The molecule has 0 saturated carbocycles. The fraction of sp³-hybridized carbons (Fsp3) is 0.300. The largest absolute Gasteiger partial charge is 0.460 e. The number of benzene rings is 2. The third kappa shape index (κ3) is 3.61. The predicted octanol–water partition coefficient (Wildman–Crippen LogP) is 1.88. The van der Waals surface area contributed by atoms with E-state index in [1.165, 1.54) is 0 Å². The third-order valence-corrected chi connectivity index (χ3v) is 4.47. The molecule has 2 aromatic carbocycles. The number of esters is 2. The summed E-state index contributed by atoms with van der Waals surface area (Å²) in [6, 6.07) is 18.1. The minimum absolute atomic E-state index is 0.149. The molecule has 134 valence electrons. The number of hydrogen-bond donors (Lipinski definition) is 0. The van der Waals surface area contributed by atoms with E-state index in [1.807, 2.05) is 65.6 Å². The van der Waals surface area contributed by atoms with Crippen LogP contribution in [0.15, 0.2) is 60.7 Å². The maximum Gasteiger partial charge on any atom is 0.337 e. The molecule has 2 saturated heterocycles. The first-order valence-corrected chi connectivity index (χ1v) is 8.55.